The molecule has 194 valence electrons. The van der Waals surface area contributed by atoms with Crippen LogP contribution in [0.2, 0.25) is 0 Å². The monoisotopic (exact) mass is 511 g/mol. The second-order valence-electron chi connectivity index (χ2n) is 9.29. The van der Waals surface area contributed by atoms with Crippen molar-refractivity contribution < 1.29 is 18.7 Å². The summed E-state index contributed by atoms with van der Waals surface area (Å²) in [6, 6.07) is 24.4. The average molecular weight is 512 g/mol. The Labute approximate surface area is 221 Å². The molecule has 38 heavy (non-hydrogen) atoms. The molecule has 0 aliphatic carbocycles. The Morgan fingerprint density at radius 2 is 1.63 bits per heavy atom. The van der Waals surface area contributed by atoms with Gasteiger partial charge in [0.15, 0.2) is 0 Å². The Kier molecular flexibility index (Phi) is 7.26. The number of carbonyl (C=O) groups is 2. The van der Waals surface area contributed by atoms with Gasteiger partial charge >= 0.3 is 0 Å². The number of aromatic nitrogens is 1. The molecule has 1 aromatic heterocycles. The normalized spacial score (nSPS) is 14.0. The maximum absolute atomic E-state index is 14.2. The number of nitrogens with zero attached hydrogens (tertiary/aromatic N) is 3. The molecule has 0 spiro atoms. The Hall–Kier alpha value is -4.39. The van der Waals surface area contributed by atoms with Crippen LogP contribution in [0.5, 0.6) is 5.75 Å². The number of halogens is 1. The first-order valence-corrected chi connectivity index (χ1v) is 12.8. The molecular formula is C31H30FN3O3. The van der Waals surface area contributed by atoms with Crippen LogP contribution in [-0.4, -0.2) is 41.5 Å². The zero-order chi connectivity index (χ0) is 26.6. The molecule has 6 nitrogen and oxygen atoms in total. The zero-order valence-corrected chi connectivity index (χ0v) is 21.5. The lowest BCUT2D eigenvalue weighted by atomic mass is 9.97. The number of ether oxygens (including phenoxy) is 1. The van der Waals surface area contributed by atoms with Crippen molar-refractivity contribution in [1.29, 1.82) is 0 Å². The second-order valence-corrected chi connectivity index (χ2v) is 9.29. The standard InChI is InChI=1S/C31H30FN3O3/c1-3-4-19-33(31(37)24-10-5-8-14-28(24)38-2)21-29(36)35-26-12-7-6-11-25(26)34-20-9-13-27(34)30(35)22-15-17-23(32)18-16-22/h5-18,20,30H,3-4,19,21H2,1-2H3. The van der Waals surface area contributed by atoms with Crippen molar-refractivity contribution in [3.05, 3.63) is 114 Å². The molecule has 2 amide bonds. The number of hydrogen-bond acceptors (Lipinski definition) is 3. The van der Waals surface area contributed by atoms with Gasteiger partial charge in [0.05, 0.1) is 29.7 Å². The predicted octanol–water partition coefficient (Wildman–Crippen LogP) is 6.00. The molecule has 2 heterocycles. The highest BCUT2D eigenvalue weighted by molar-refractivity contribution is 6.03. The van der Waals surface area contributed by atoms with Crippen LogP contribution < -0.4 is 9.64 Å². The maximum atomic E-state index is 14.2. The van der Waals surface area contributed by atoms with Gasteiger partial charge < -0.3 is 14.2 Å². The molecule has 0 N–H and O–H groups in total. The Morgan fingerprint density at radius 3 is 2.37 bits per heavy atom. The van der Waals surface area contributed by atoms with Crippen molar-refractivity contribution in [3.8, 4) is 11.4 Å². The number of amides is 2. The minimum Gasteiger partial charge on any atom is -0.496 e. The van der Waals surface area contributed by atoms with Crippen molar-refractivity contribution in [2.24, 2.45) is 0 Å². The van der Waals surface area contributed by atoms with Gasteiger partial charge in [0.2, 0.25) is 5.91 Å². The van der Waals surface area contributed by atoms with E-state index in [4.69, 9.17) is 4.74 Å². The van der Waals surface area contributed by atoms with Crippen LogP contribution in [0.25, 0.3) is 5.69 Å². The highest BCUT2D eigenvalue weighted by Gasteiger charge is 2.37. The second kappa shape index (κ2) is 10.9. The van der Waals surface area contributed by atoms with Gasteiger partial charge in [0.1, 0.15) is 24.2 Å². The summed E-state index contributed by atoms with van der Waals surface area (Å²) in [6.07, 6.45) is 3.60. The average Bonchev–Trinajstić information content (AvgIpc) is 3.44. The lowest BCUT2D eigenvalue weighted by Gasteiger charge is -2.39. The van der Waals surface area contributed by atoms with E-state index >= 15 is 0 Å². The van der Waals surface area contributed by atoms with E-state index in [0.29, 0.717) is 17.9 Å². The summed E-state index contributed by atoms with van der Waals surface area (Å²) in [7, 11) is 1.53. The Bertz CT molecular complexity index is 1450. The van der Waals surface area contributed by atoms with Crippen LogP contribution in [0.15, 0.2) is 91.1 Å². The van der Waals surface area contributed by atoms with E-state index in [1.54, 1.807) is 40.1 Å². The number of benzene rings is 3. The van der Waals surface area contributed by atoms with Gasteiger partial charge in [0.25, 0.3) is 5.91 Å². The third kappa shape index (κ3) is 4.67. The summed E-state index contributed by atoms with van der Waals surface area (Å²) >= 11 is 0. The van der Waals surface area contributed by atoms with Crippen molar-refractivity contribution in [1.82, 2.24) is 9.47 Å². The molecule has 0 radical (unpaired) electrons. The fourth-order valence-corrected chi connectivity index (χ4v) is 5.06. The van der Waals surface area contributed by atoms with Gasteiger partial charge in [-0.15, -0.1) is 0 Å². The molecule has 0 bridgehead atoms. The van der Waals surface area contributed by atoms with Gasteiger partial charge in [-0.1, -0.05) is 49.7 Å². The first-order chi connectivity index (χ1) is 18.5. The third-order valence-corrected chi connectivity index (χ3v) is 6.91. The Morgan fingerprint density at radius 1 is 0.921 bits per heavy atom. The highest BCUT2D eigenvalue weighted by Crippen LogP contribution is 2.42. The van der Waals surface area contributed by atoms with E-state index < -0.39 is 6.04 Å². The van der Waals surface area contributed by atoms with E-state index in [2.05, 4.69) is 4.57 Å². The van der Waals surface area contributed by atoms with Crippen LogP contribution in [0.3, 0.4) is 0 Å². The molecule has 0 saturated carbocycles. The van der Waals surface area contributed by atoms with Crippen molar-refractivity contribution in [2.75, 3.05) is 25.1 Å². The summed E-state index contributed by atoms with van der Waals surface area (Å²) in [5.41, 5.74) is 3.69. The van der Waals surface area contributed by atoms with Crippen LogP contribution in [0.1, 0.15) is 47.4 Å². The van der Waals surface area contributed by atoms with E-state index in [1.165, 1.54) is 19.2 Å². The number of methoxy groups -OCH3 is 1. The lowest BCUT2D eigenvalue weighted by Crippen LogP contribution is -2.47. The largest absolute Gasteiger partial charge is 0.496 e. The van der Waals surface area contributed by atoms with E-state index in [9.17, 15) is 14.0 Å². The van der Waals surface area contributed by atoms with Crippen LogP contribution in [0, 0.1) is 5.82 Å². The third-order valence-electron chi connectivity index (χ3n) is 6.91. The van der Waals surface area contributed by atoms with Gasteiger partial charge in [-0.3, -0.25) is 14.5 Å². The molecule has 1 unspecified atom stereocenters. The maximum Gasteiger partial charge on any atom is 0.258 e. The minimum atomic E-state index is -0.484. The number of rotatable bonds is 8. The zero-order valence-electron chi connectivity index (χ0n) is 21.5. The SMILES string of the molecule is CCCCN(CC(=O)N1c2ccccc2-n2cccc2C1c1ccc(F)cc1)C(=O)c1ccccc1OC. The molecule has 1 atom stereocenters. The quantitative estimate of drug-likeness (QED) is 0.291. The number of fused-ring (bicyclic) bond motifs is 3. The van der Waals surface area contributed by atoms with E-state index in [0.717, 1.165) is 35.5 Å². The van der Waals surface area contributed by atoms with E-state index in [1.807, 2.05) is 55.6 Å². The summed E-state index contributed by atoms with van der Waals surface area (Å²) in [4.78, 5) is 31.2. The summed E-state index contributed by atoms with van der Waals surface area (Å²) in [6.45, 7) is 2.38. The van der Waals surface area contributed by atoms with Crippen LogP contribution in [0.4, 0.5) is 10.1 Å². The number of anilines is 1. The summed E-state index contributed by atoms with van der Waals surface area (Å²) in [5.74, 6) is -0.349. The molecule has 1 aliphatic heterocycles. The Balaban J connectivity index is 1.56. The smallest absolute Gasteiger partial charge is 0.258 e. The summed E-state index contributed by atoms with van der Waals surface area (Å²) in [5, 5.41) is 0. The minimum absolute atomic E-state index is 0.108. The van der Waals surface area contributed by atoms with Gasteiger partial charge in [-0.05, 0) is 60.5 Å². The lowest BCUT2D eigenvalue weighted by molar-refractivity contribution is -0.119. The van der Waals surface area contributed by atoms with Gasteiger partial charge in [0, 0.05) is 12.7 Å². The predicted molar refractivity (Wildman–Crippen MR) is 145 cm³/mol. The van der Waals surface area contributed by atoms with Crippen LogP contribution in [-0.2, 0) is 4.79 Å². The highest BCUT2D eigenvalue weighted by atomic mass is 19.1. The number of carbonyl (C=O) groups excluding carboxylic acids is 2. The molecule has 0 fully saturated rings. The fourth-order valence-electron chi connectivity index (χ4n) is 5.06. The molecular weight excluding hydrogens is 481 g/mol. The van der Waals surface area contributed by atoms with Gasteiger partial charge in [-0.2, -0.15) is 0 Å². The number of unbranched alkanes of at least 4 members (excludes halogenated alkanes) is 1. The van der Waals surface area contributed by atoms with Crippen molar-refractivity contribution >= 4 is 17.5 Å². The van der Waals surface area contributed by atoms with Crippen molar-refractivity contribution in [3.63, 3.8) is 0 Å². The van der Waals surface area contributed by atoms with E-state index in [-0.39, 0.29) is 24.2 Å². The number of para-hydroxylation sites is 3. The fraction of sp³-hybridized carbons (Fsp3) is 0.226. The molecule has 1 aliphatic rings. The molecule has 4 aromatic rings. The van der Waals surface area contributed by atoms with Crippen LogP contribution >= 0.6 is 0 Å². The first-order valence-electron chi connectivity index (χ1n) is 12.8. The first kappa shape index (κ1) is 25.3. The topological polar surface area (TPSA) is 54.8 Å². The molecule has 5 rings (SSSR count). The van der Waals surface area contributed by atoms with Gasteiger partial charge in [-0.25, -0.2) is 4.39 Å². The molecule has 7 heteroatoms. The summed E-state index contributed by atoms with van der Waals surface area (Å²) < 4.78 is 21.3. The van der Waals surface area contributed by atoms with Crippen molar-refractivity contribution in [2.45, 2.75) is 25.8 Å². The number of hydrogen-bond donors (Lipinski definition) is 0. The molecule has 0 saturated heterocycles. The molecule has 3 aromatic carbocycles.